The number of nitrogens with one attached hydrogen (secondary N) is 1. The van der Waals surface area contributed by atoms with E-state index in [0.717, 1.165) is 36.6 Å². The van der Waals surface area contributed by atoms with Crippen LogP contribution >= 0.6 is 11.8 Å². The van der Waals surface area contributed by atoms with Gasteiger partial charge >= 0.3 is 0 Å². The van der Waals surface area contributed by atoms with Gasteiger partial charge in [0.1, 0.15) is 0 Å². The Bertz CT molecular complexity index is 451. The average molecular weight is 262 g/mol. The summed E-state index contributed by atoms with van der Waals surface area (Å²) in [7, 11) is 0. The molecular weight excluding hydrogens is 244 g/mol. The number of nitrogens with zero attached hydrogens (tertiary/aromatic N) is 1. The lowest BCUT2D eigenvalue weighted by Crippen LogP contribution is -2.32. The molecule has 2 aliphatic rings. The highest BCUT2D eigenvalue weighted by Crippen LogP contribution is 2.29. The number of likely N-dealkylation sites (tertiary alicyclic amines) is 1. The summed E-state index contributed by atoms with van der Waals surface area (Å²) in [6, 6.07) is 7.91. The van der Waals surface area contributed by atoms with Crippen molar-refractivity contribution in [1.29, 1.82) is 0 Å². The zero-order valence-electron chi connectivity index (χ0n) is 10.6. The lowest BCUT2D eigenvalue weighted by molar-refractivity contribution is 0.0778. The molecule has 2 aliphatic heterocycles. The first kappa shape index (κ1) is 12.1. The van der Waals surface area contributed by atoms with Crippen molar-refractivity contribution in [3.05, 3.63) is 29.8 Å². The van der Waals surface area contributed by atoms with Gasteiger partial charge in [-0.25, -0.2) is 0 Å². The van der Waals surface area contributed by atoms with E-state index in [1.54, 1.807) is 11.8 Å². The number of thioether (sulfide) groups is 1. The van der Waals surface area contributed by atoms with E-state index in [-0.39, 0.29) is 5.91 Å². The summed E-state index contributed by atoms with van der Waals surface area (Å²) in [4.78, 5) is 15.7. The number of amides is 1. The number of benzene rings is 1. The van der Waals surface area contributed by atoms with Gasteiger partial charge in [0.2, 0.25) is 0 Å². The van der Waals surface area contributed by atoms with Crippen molar-refractivity contribution in [3.63, 3.8) is 0 Å². The second kappa shape index (κ2) is 4.94. The molecule has 18 heavy (non-hydrogen) atoms. The molecule has 1 N–H and O–H groups in total. The van der Waals surface area contributed by atoms with Gasteiger partial charge in [-0.15, -0.1) is 11.8 Å². The maximum Gasteiger partial charge on any atom is 0.255 e. The second-order valence-electron chi connectivity index (χ2n) is 5.09. The van der Waals surface area contributed by atoms with Crippen molar-refractivity contribution in [3.8, 4) is 0 Å². The Morgan fingerprint density at radius 1 is 1.28 bits per heavy atom. The highest BCUT2D eigenvalue weighted by atomic mass is 32.2. The van der Waals surface area contributed by atoms with Gasteiger partial charge in [0, 0.05) is 31.1 Å². The van der Waals surface area contributed by atoms with Gasteiger partial charge in [-0.2, -0.15) is 0 Å². The van der Waals surface area contributed by atoms with E-state index in [1.807, 2.05) is 35.4 Å². The van der Waals surface area contributed by atoms with Crippen LogP contribution < -0.4 is 5.32 Å². The molecule has 2 saturated heterocycles. The van der Waals surface area contributed by atoms with E-state index in [2.05, 4.69) is 5.32 Å². The zero-order valence-corrected chi connectivity index (χ0v) is 11.4. The van der Waals surface area contributed by atoms with Gasteiger partial charge in [0.05, 0.1) is 5.56 Å². The summed E-state index contributed by atoms with van der Waals surface area (Å²) in [6.07, 6.45) is 2.02. The first-order chi connectivity index (χ1) is 8.79. The molecular formula is C14H18N2OS. The highest BCUT2D eigenvalue weighted by molar-refractivity contribution is 7.98. The molecule has 3 nitrogen and oxygen atoms in total. The first-order valence-electron chi connectivity index (χ1n) is 6.42. The fourth-order valence-corrected chi connectivity index (χ4v) is 3.60. The number of hydrogen-bond acceptors (Lipinski definition) is 3. The van der Waals surface area contributed by atoms with Gasteiger partial charge in [-0.05, 0) is 30.2 Å². The van der Waals surface area contributed by atoms with Crippen molar-refractivity contribution >= 4 is 17.7 Å². The minimum Gasteiger partial charge on any atom is -0.338 e. The molecule has 1 amide bonds. The molecule has 3 rings (SSSR count). The van der Waals surface area contributed by atoms with Crippen LogP contribution in [-0.2, 0) is 0 Å². The van der Waals surface area contributed by atoms with Gasteiger partial charge < -0.3 is 10.2 Å². The summed E-state index contributed by atoms with van der Waals surface area (Å²) in [5.74, 6) is 1.53. The Balaban J connectivity index is 1.79. The highest BCUT2D eigenvalue weighted by Gasteiger charge is 2.38. The lowest BCUT2D eigenvalue weighted by Gasteiger charge is -2.18. The van der Waals surface area contributed by atoms with E-state index in [1.165, 1.54) is 0 Å². The number of hydrogen-bond donors (Lipinski definition) is 1. The molecule has 96 valence electrons. The monoisotopic (exact) mass is 262 g/mol. The third kappa shape index (κ3) is 2.04. The van der Waals surface area contributed by atoms with Crippen LogP contribution in [-0.4, -0.2) is 43.2 Å². The molecule has 4 heteroatoms. The fourth-order valence-electron chi connectivity index (χ4n) is 3.01. The van der Waals surface area contributed by atoms with Crippen molar-refractivity contribution in [2.45, 2.75) is 4.90 Å². The van der Waals surface area contributed by atoms with Gasteiger partial charge in [0.25, 0.3) is 5.91 Å². The Kier molecular flexibility index (Phi) is 3.31. The minimum atomic E-state index is 0.203. The molecule has 0 radical (unpaired) electrons. The summed E-state index contributed by atoms with van der Waals surface area (Å²) in [5, 5.41) is 3.40. The molecule has 0 saturated carbocycles. The van der Waals surface area contributed by atoms with Crippen LogP contribution in [0.1, 0.15) is 10.4 Å². The third-order valence-corrected chi connectivity index (χ3v) is 4.81. The molecule has 2 unspecified atom stereocenters. The molecule has 2 atom stereocenters. The number of carbonyl (C=O) groups is 1. The predicted molar refractivity (Wildman–Crippen MR) is 74.0 cm³/mol. The number of carbonyl (C=O) groups excluding carboxylic acids is 1. The molecule has 2 heterocycles. The van der Waals surface area contributed by atoms with E-state index < -0.39 is 0 Å². The molecule has 1 aromatic rings. The maximum absolute atomic E-state index is 12.5. The van der Waals surface area contributed by atoms with Crippen LogP contribution in [0.25, 0.3) is 0 Å². The normalized spacial score (nSPS) is 26.4. The van der Waals surface area contributed by atoms with E-state index in [9.17, 15) is 4.79 Å². The molecule has 2 fully saturated rings. The van der Waals surface area contributed by atoms with Crippen molar-refractivity contribution in [2.75, 3.05) is 32.4 Å². The molecule has 0 spiro atoms. The molecule has 1 aromatic carbocycles. The maximum atomic E-state index is 12.5. The molecule has 0 aromatic heterocycles. The summed E-state index contributed by atoms with van der Waals surface area (Å²) in [5.41, 5.74) is 0.859. The minimum absolute atomic E-state index is 0.203. The fraction of sp³-hybridized carbons (Fsp3) is 0.500. The quantitative estimate of drug-likeness (QED) is 0.823. The third-order valence-electron chi connectivity index (χ3n) is 4.01. The Morgan fingerprint density at radius 3 is 2.61 bits per heavy atom. The summed E-state index contributed by atoms with van der Waals surface area (Å²) >= 11 is 1.64. The summed E-state index contributed by atoms with van der Waals surface area (Å²) in [6.45, 7) is 3.97. The average Bonchev–Trinajstić information content (AvgIpc) is 2.98. The van der Waals surface area contributed by atoms with Crippen LogP contribution in [0, 0.1) is 11.8 Å². The predicted octanol–water partition coefficient (Wildman–Crippen LogP) is 1.70. The van der Waals surface area contributed by atoms with Crippen molar-refractivity contribution in [1.82, 2.24) is 10.2 Å². The van der Waals surface area contributed by atoms with Crippen LogP contribution in [0.15, 0.2) is 29.2 Å². The van der Waals surface area contributed by atoms with E-state index in [4.69, 9.17) is 0 Å². The first-order valence-corrected chi connectivity index (χ1v) is 7.65. The van der Waals surface area contributed by atoms with Crippen LogP contribution in [0.5, 0.6) is 0 Å². The van der Waals surface area contributed by atoms with Crippen molar-refractivity contribution in [2.24, 2.45) is 11.8 Å². The Morgan fingerprint density at radius 2 is 1.94 bits per heavy atom. The largest absolute Gasteiger partial charge is 0.338 e. The van der Waals surface area contributed by atoms with E-state index >= 15 is 0 Å². The SMILES string of the molecule is CSc1ccccc1C(=O)N1CC2CNCC2C1. The topological polar surface area (TPSA) is 32.3 Å². The molecule has 0 aliphatic carbocycles. The van der Waals surface area contributed by atoms with Gasteiger partial charge in [-0.1, -0.05) is 12.1 Å². The smallest absolute Gasteiger partial charge is 0.255 e. The molecule has 0 bridgehead atoms. The van der Waals surface area contributed by atoms with Crippen LogP contribution in [0.4, 0.5) is 0 Å². The number of fused-ring (bicyclic) bond motifs is 1. The zero-order chi connectivity index (χ0) is 12.5. The van der Waals surface area contributed by atoms with E-state index in [0.29, 0.717) is 11.8 Å². The number of rotatable bonds is 2. The Hall–Kier alpha value is -1.00. The van der Waals surface area contributed by atoms with Crippen LogP contribution in [0.3, 0.4) is 0 Å². The van der Waals surface area contributed by atoms with Crippen molar-refractivity contribution < 1.29 is 4.79 Å². The second-order valence-corrected chi connectivity index (χ2v) is 5.94. The van der Waals surface area contributed by atoms with Gasteiger partial charge in [0.15, 0.2) is 0 Å². The van der Waals surface area contributed by atoms with Crippen LogP contribution in [0.2, 0.25) is 0 Å². The standard InChI is InChI=1S/C14H18N2OS/c1-18-13-5-3-2-4-12(13)14(17)16-8-10-6-15-7-11(10)9-16/h2-5,10-11,15H,6-9H2,1H3. The van der Waals surface area contributed by atoms with Gasteiger partial charge in [-0.3, -0.25) is 4.79 Å². The lowest BCUT2D eigenvalue weighted by atomic mass is 10.0. The Labute approximate surface area is 112 Å². The summed E-state index contributed by atoms with van der Waals surface area (Å²) < 4.78 is 0.